The zero-order valence-electron chi connectivity index (χ0n) is 10.2. The van der Waals surface area contributed by atoms with Crippen LogP contribution in [-0.4, -0.2) is 23.8 Å². The van der Waals surface area contributed by atoms with Gasteiger partial charge in [-0.2, -0.15) is 0 Å². The minimum atomic E-state index is 0.104. The van der Waals surface area contributed by atoms with Crippen LogP contribution >= 0.6 is 0 Å². The van der Waals surface area contributed by atoms with Crippen molar-refractivity contribution < 1.29 is 4.79 Å². The highest BCUT2D eigenvalue weighted by Gasteiger charge is 2.07. The summed E-state index contributed by atoms with van der Waals surface area (Å²) in [5.41, 5.74) is 1.54. The van der Waals surface area contributed by atoms with E-state index in [-0.39, 0.29) is 5.78 Å². The fraction of sp³-hybridized carbons (Fsp3) is 0.357. The summed E-state index contributed by atoms with van der Waals surface area (Å²) in [6, 6.07) is 9.39. The third kappa shape index (κ3) is 3.23. The molecular formula is C14H19NO. The molecule has 0 heterocycles. The fourth-order valence-corrected chi connectivity index (χ4v) is 1.56. The van der Waals surface area contributed by atoms with Crippen molar-refractivity contribution in [2.45, 2.75) is 20.8 Å². The Labute approximate surface area is 97.6 Å². The second-order valence-electron chi connectivity index (χ2n) is 3.73. The summed E-state index contributed by atoms with van der Waals surface area (Å²) in [6.07, 6.45) is 1.94. The zero-order valence-corrected chi connectivity index (χ0v) is 10.2. The Bertz CT molecular complexity index is 364. The summed E-state index contributed by atoms with van der Waals surface area (Å²) in [5.74, 6) is 0.104. The molecule has 0 saturated carbocycles. The number of Topliss-reactive ketones (excluding diaryl/α,β-unsaturated/α-hetero) is 1. The minimum absolute atomic E-state index is 0.104. The predicted molar refractivity (Wildman–Crippen MR) is 67.5 cm³/mol. The molecule has 86 valence electrons. The van der Waals surface area contributed by atoms with Gasteiger partial charge in [-0.3, -0.25) is 4.79 Å². The third-order valence-corrected chi connectivity index (χ3v) is 2.58. The molecule has 1 aromatic carbocycles. The summed E-state index contributed by atoms with van der Waals surface area (Å²) < 4.78 is 0. The van der Waals surface area contributed by atoms with E-state index >= 15 is 0 Å². The number of allylic oxidation sites excluding steroid dienone is 1. The van der Waals surface area contributed by atoms with Gasteiger partial charge in [0.05, 0.1) is 0 Å². The maximum atomic E-state index is 12.0. The summed E-state index contributed by atoms with van der Waals surface area (Å²) >= 11 is 0. The van der Waals surface area contributed by atoms with Crippen molar-refractivity contribution >= 4 is 5.78 Å². The van der Waals surface area contributed by atoms with E-state index < -0.39 is 0 Å². The van der Waals surface area contributed by atoms with Crippen molar-refractivity contribution in [3.63, 3.8) is 0 Å². The van der Waals surface area contributed by atoms with Crippen LogP contribution in [0.3, 0.4) is 0 Å². The normalized spacial score (nSPS) is 11.3. The molecule has 16 heavy (non-hydrogen) atoms. The second-order valence-corrected chi connectivity index (χ2v) is 3.73. The van der Waals surface area contributed by atoms with Gasteiger partial charge in [0, 0.05) is 30.4 Å². The number of hydrogen-bond acceptors (Lipinski definition) is 2. The standard InChI is InChI=1S/C14H19NO/c1-4-15(5-2)11-12(3)14(16)13-9-7-6-8-10-13/h6-11H,4-5H2,1-3H3/b12-11+. The average Bonchev–Trinajstić information content (AvgIpc) is 2.35. The number of nitrogens with zero attached hydrogens (tertiary/aromatic N) is 1. The Hall–Kier alpha value is -1.57. The molecule has 0 saturated heterocycles. The van der Waals surface area contributed by atoms with Gasteiger partial charge in [-0.15, -0.1) is 0 Å². The first-order valence-electron chi connectivity index (χ1n) is 5.71. The summed E-state index contributed by atoms with van der Waals surface area (Å²) in [5, 5.41) is 0. The SMILES string of the molecule is CCN(/C=C(\C)C(=O)c1ccccc1)CC. The van der Waals surface area contributed by atoms with Crippen molar-refractivity contribution in [1.29, 1.82) is 0 Å². The Balaban J connectivity index is 2.82. The number of hydrogen-bond donors (Lipinski definition) is 0. The van der Waals surface area contributed by atoms with Crippen LogP contribution in [0.25, 0.3) is 0 Å². The first kappa shape index (κ1) is 12.5. The molecule has 2 heteroatoms. The van der Waals surface area contributed by atoms with E-state index in [2.05, 4.69) is 18.7 Å². The number of carbonyl (C=O) groups is 1. The van der Waals surface area contributed by atoms with Crippen molar-refractivity contribution in [2.24, 2.45) is 0 Å². The lowest BCUT2D eigenvalue weighted by molar-refractivity contribution is 0.103. The summed E-state index contributed by atoms with van der Waals surface area (Å²) in [6.45, 7) is 7.89. The Kier molecular flexibility index (Phi) is 4.77. The first-order chi connectivity index (χ1) is 7.69. The molecule has 0 aromatic heterocycles. The lowest BCUT2D eigenvalue weighted by atomic mass is 10.1. The summed E-state index contributed by atoms with van der Waals surface area (Å²) in [7, 11) is 0. The number of rotatable bonds is 5. The molecule has 0 amide bonds. The molecule has 0 aliphatic heterocycles. The third-order valence-electron chi connectivity index (χ3n) is 2.58. The summed E-state index contributed by atoms with van der Waals surface area (Å²) in [4.78, 5) is 14.1. The van der Waals surface area contributed by atoms with Crippen LogP contribution in [-0.2, 0) is 0 Å². The van der Waals surface area contributed by atoms with Gasteiger partial charge in [-0.1, -0.05) is 30.3 Å². The molecule has 0 aliphatic rings. The van der Waals surface area contributed by atoms with Crippen LogP contribution in [0.2, 0.25) is 0 Å². The second kappa shape index (κ2) is 6.11. The highest BCUT2D eigenvalue weighted by atomic mass is 16.1. The number of benzene rings is 1. The molecule has 0 aliphatic carbocycles. The van der Waals surface area contributed by atoms with E-state index in [1.165, 1.54) is 0 Å². The molecule has 0 unspecified atom stereocenters. The lowest BCUT2D eigenvalue weighted by Gasteiger charge is -2.16. The maximum Gasteiger partial charge on any atom is 0.190 e. The van der Waals surface area contributed by atoms with Gasteiger partial charge < -0.3 is 4.90 Å². The van der Waals surface area contributed by atoms with E-state index in [1.54, 1.807) is 0 Å². The van der Waals surface area contributed by atoms with E-state index in [1.807, 2.05) is 43.5 Å². The van der Waals surface area contributed by atoms with Gasteiger partial charge >= 0.3 is 0 Å². The Morgan fingerprint density at radius 3 is 2.25 bits per heavy atom. The van der Waals surface area contributed by atoms with Crippen LogP contribution in [0.5, 0.6) is 0 Å². The van der Waals surface area contributed by atoms with Crippen molar-refractivity contribution in [3.8, 4) is 0 Å². The van der Waals surface area contributed by atoms with Crippen LogP contribution in [0.15, 0.2) is 42.1 Å². The smallest absolute Gasteiger partial charge is 0.190 e. The quantitative estimate of drug-likeness (QED) is 0.558. The molecule has 0 spiro atoms. The van der Waals surface area contributed by atoms with E-state index in [4.69, 9.17) is 0 Å². The van der Waals surface area contributed by atoms with Gasteiger partial charge in [0.15, 0.2) is 5.78 Å². The minimum Gasteiger partial charge on any atom is -0.378 e. The fourth-order valence-electron chi connectivity index (χ4n) is 1.56. The highest BCUT2D eigenvalue weighted by Crippen LogP contribution is 2.08. The molecular weight excluding hydrogens is 198 g/mol. The van der Waals surface area contributed by atoms with E-state index in [9.17, 15) is 4.79 Å². The molecule has 0 fully saturated rings. The van der Waals surface area contributed by atoms with Crippen molar-refractivity contribution in [1.82, 2.24) is 4.90 Å². The molecule has 0 atom stereocenters. The number of carbonyl (C=O) groups excluding carboxylic acids is 1. The van der Waals surface area contributed by atoms with Crippen LogP contribution in [0, 0.1) is 0 Å². The lowest BCUT2D eigenvalue weighted by Crippen LogP contribution is -2.17. The monoisotopic (exact) mass is 217 g/mol. The predicted octanol–water partition coefficient (Wildman–Crippen LogP) is 3.11. The molecule has 1 aromatic rings. The van der Waals surface area contributed by atoms with E-state index in [0.717, 1.165) is 24.2 Å². The zero-order chi connectivity index (χ0) is 12.0. The van der Waals surface area contributed by atoms with Crippen molar-refractivity contribution in [2.75, 3.05) is 13.1 Å². The van der Waals surface area contributed by atoms with Crippen LogP contribution < -0.4 is 0 Å². The van der Waals surface area contributed by atoms with Gasteiger partial charge in [0.25, 0.3) is 0 Å². The van der Waals surface area contributed by atoms with E-state index in [0.29, 0.717) is 0 Å². The van der Waals surface area contributed by atoms with Gasteiger partial charge in [-0.05, 0) is 20.8 Å². The number of ketones is 1. The molecule has 0 bridgehead atoms. The molecule has 2 nitrogen and oxygen atoms in total. The molecule has 1 rings (SSSR count). The largest absolute Gasteiger partial charge is 0.378 e. The van der Waals surface area contributed by atoms with Crippen LogP contribution in [0.1, 0.15) is 31.1 Å². The first-order valence-corrected chi connectivity index (χ1v) is 5.71. The van der Waals surface area contributed by atoms with Gasteiger partial charge in [0.2, 0.25) is 0 Å². The average molecular weight is 217 g/mol. The van der Waals surface area contributed by atoms with Crippen molar-refractivity contribution in [3.05, 3.63) is 47.7 Å². The highest BCUT2D eigenvalue weighted by molar-refractivity contribution is 6.08. The Morgan fingerprint density at radius 2 is 1.75 bits per heavy atom. The van der Waals surface area contributed by atoms with Gasteiger partial charge in [0.1, 0.15) is 0 Å². The maximum absolute atomic E-state index is 12.0. The van der Waals surface area contributed by atoms with Gasteiger partial charge in [-0.25, -0.2) is 0 Å². The Morgan fingerprint density at radius 1 is 1.19 bits per heavy atom. The molecule has 0 N–H and O–H groups in total. The molecule has 0 radical (unpaired) electrons. The topological polar surface area (TPSA) is 20.3 Å². The van der Waals surface area contributed by atoms with Crippen LogP contribution in [0.4, 0.5) is 0 Å².